The van der Waals surface area contributed by atoms with Gasteiger partial charge in [0.2, 0.25) is 5.95 Å². The van der Waals surface area contributed by atoms with Crippen LogP contribution in [0.1, 0.15) is 25.1 Å². The molecule has 1 aromatic rings. The summed E-state index contributed by atoms with van der Waals surface area (Å²) in [7, 11) is 2.17. The van der Waals surface area contributed by atoms with Gasteiger partial charge in [0, 0.05) is 49.2 Å². The maximum absolute atomic E-state index is 5.64. The van der Waals surface area contributed by atoms with Crippen molar-refractivity contribution in [1.82, 2.24) is 14.9 Å². The van der Waals surface area contributed by atoms with E-state index >= 15 is 0 Å². The Labute approximate surface area is 109 Å². The molecule has 0 atom stereocenters. The molecule has 1 aliphatic rings. The average molecular weight is 249 g/mol. The minimum atomic E-state index is 0.155. The number of nitrogens with zero attached hydrogens (tertiary/aromatic N) is 4. The number of aromatic nitrogens is 2. The summed E-state index contributed by atoms with van der Waals surface area (Å²) in [4.78, 5) is 13.7. The first-order valence-corrected chi connectivity index (χ1v) is 6.43. The molecule has 2 rings (SSSR count). The molecular formula is C13H23N5. The molecule has 2 heterocycles. The Kier molecular flexibility index (Phi) is 3.54. The Morgan fingerprint density at radius 1 is 1.39 bits per heavy atom. The van der Waals surface area contributed by atoms with Gasteiger partial charge in [-0.3, -0.25) is 4.90 Å². The lowest BCUT2D eigenvalue weighted by Gasteiger charge is -2.45. The fourth-order valence-electron chi connectivity index (χ4n) is 2.24. The predicted octanol–water partition coefficient (Wildman–Crippen LogP) is 0.774. The number of aryl methyl sites for hydroxylation is 1. The number of likely N-dealkylation sites (N-methyl/N-ethyl adjacent to an activating group) is 1. The minimum Gasteiger partial charge on any atom is -0.338 e. The van der Waals surface area contributed by atoms with Crippen LogP contribution >= 0.6 is 0 Å². The molecule has 0 saturated carbocycles. The van der Waals surface area contributed by atoms with Gasteiger partial charge in [-0.25, -0.2) is 9.97 Å². The Balaban J connectivity index is 2.20. The summed E-state index contributed by atoms with van der Waals surface area (Å²) in [5.74, 6) is 0.825. The summed E-state index contributed by atoms with van der Waals surface area (Å²) in [6.45, 7) is 9.95. The van der Waals surface area contributed by atoms with E-state index in [9.17, 15) is 0 Å². The third kappa shape index (κ3) is 2.47. The normalized spacial score (nSPS) is 20.2. The van der Waals surface area contributed by atoms with Gasteiger partial charge in [-0.05, 0) is 27.8 Å². The van der Waals surface area contributed by atoms with E-state index in [1.807, 2.05) is 13.1 Å². The van der Waals surface area contributed by atoms with E-state index < -0.39 is 0 Å². The van der Waals surface area contributed by atoms with Crippen LogP contribution in [0.15, 0.2) is 6.20 Å². The number of nitrogens with two attached hydrogens (primary N) is 1. The summed E-state index contributed by atoms with van der Waals surface area (Å²) in [5.41, 5.74) is 7.80. The standard InChI is InChI=1S/C13H23N5/c1-10-11(7-14)8-15-12(16-10)18-6-5-17(4)13(2,3)9-18/h8H,5-7,9,14H2,1-4H3. The molecule has 0 unspecified atom stereocenters. The lowest BCUT2D eigenvalue weighted by molar-refractivity contribution is 0.138. The molecule has 0 amide bonds. The number of anilines is 1. The summed E-state index contributed by atoms with van der Waals surface area (Å²) in [6.07, 6.45) is 1.85. The molecule has 0 bridgehead atoms. The van der Waals surface area contributed by atoms with E-state index in [-0.39, 0.29) is 5.54 Å². The van der Waals surface area contributed by atoms with Crippen molar-refractivity contribution in [2.45, 2.75) is 32.9 Å². The van der Waals surface area contributed by atoms with Gasteiger partial charge >= 0.3 is 0 Å². The van der Waals surface area contributed by atoms with Gasteiger partial charge in [0.05, 0.1) is 0 Å². The van der Waals surface area contributed by atoms with Crippen molar-refractivity contribution >= 4 is 5.95 Å². The van der Waals surface area contributed by atoms with Crippen LogP contribution in [0.3, 0.4) is 0 Å². The highest BCUT2D eigenvalue weighted by Gasteiger charge is 2.32. The number of piperazine rings is 1. The highest BCUT2D eigenvalue weighted by Crippen LogP contribution is 2.22. The first-order valence-electron chi connectivity index (χ1n) is 6.43. The maximum Gasteiger partial charge on any atom is 0.225 e. The third-order valence-electron chi connectivity index (χ3n) is 3.89. The first-order chi connectivity index (χ1) is 8.44. The Hall–Kier alpha value is -1.20. The summed E-state index contributed by atoms with van der Waals surface area (Å²) < 4.78 is 0. The van der Waals surface area contributed by atoms with Crippen molar-refractivity contribution in [3.8, 4) is 0 Å². The van der Waals surface area contributed by atoms with E-state index in [4.69, 9.17) is 5.73 Å². The van der Waals surface area contributed by atoms with Gasteiger partial charge < -0.3 is 10.6 Å². The number of rotatable bonds is 2. The van der Waals surface area contributed by atoms with Crippen LogP contribution in [0, 0.1) is 6.92 Å². The predicted molar refractivity (Wildman–Crippen MR) is 73.6 cm³/mol. The quantitative estimate of drug-likeness (QED) is 0.839. The summed E-state index contributed by atoms with van der Waals surface area (Å²) >= 11 is 0. The van der Waals surface area contributed by atoms with Crippen molar-refractivity contribution in [2.24, 2.45) is 5.73 Å². The summed E-state index contributed by atoms with van der Waals surface area (Å²) in [5, 5.41) is 0. The van der Waals surface area contributed by atoms with E-state index in [2.05, 4.69) is 40.7 Å². The zero-order chi connectivity index (χ0) is 13.3. The monoisotopic (exact) mass is 249 g/mol. The Bertz CT molecular complexity index is 429. The van der Waals surface area contributed by atoms with Crippen molar-refractivity contribution in [1.29, 1.82) is 0 Å². The molecule has 2 N–H and O–H groups in total. The van der Waals surface area contributed by atoms with Crippen LogP contribution < -0.4 is 10.6 Å². The Morgan fingerprint density at radius 3 is 2.67 bits per heavy atom. The fraction of sp³-hybridized carbons (Fsp3) is 0.692. The van der Waals surface area contributed by atoms with E-state index in [0.29, 0.717) is 6.54 Å². The molecule has 5 nitrogen and oxygen atoms in total. The molecule has 100 valence electrons. The number of hydrogen-bond donors (Lipinski definition) is 1. The van der Waals surface area contributed by atoms with Crippen molar-refractivity contribution in [3.63, 3.8) is 0 Å². The molecule has 0 spiro atoms. The number of hydrogen-bond acceptors (Lipinski definition) is 5. The topological polar surface area (TPSA) is 58.3 Å². The molecule has 0 aromatic carbocycles. The lowest BCUT2D eigenvalue weighted by atomic mass is 10.00. The van der Waals surface area contributed by atoms with Gasteiger partial charge in [0.1, 0.15) is 0 Å². The van der Waals surface area contributed by atoms with Crippen LogP contribution in [0.5, 0.6) is 0 Å². The largest absolute Gasteiger partial charge is 0.338 e. The van der Waals surface area contributed by atoms with Crippen LogP contribution in [0.25, 0.3) is 0 Å². The molecule has 1 aliphatic heterocycles. The van der Waals surface area contributed by atoms with E-state index in [1.54, 1.807) is 0 Å². The second kappa shape index (κ2) is 4.82. The fourth-order valence-corrected chi connectivity index (χ4v) is 2.24. The highest BCUT2D eigenvalue weighted by atomic mass is 15.3. The second-order valence-corrected chi connectivity index (χ2v) is 5.64. The summed E-state index contributed by atoms with van der Waals surface area (Å²) in [6, 6.07) is 0. The Morgan fingerprint density at radius 2 is 2.11 bits per heavy atom. The van der Waals surface area contributed by atoms with Crippen LogP contribution in [-0.2, 0) is 6.54 Å². The van der Waals surface area contributed by atoms with Gasteiger partial charge in [0.15, 0.2) is 0 Å². The van der Waals surface area contributed by atoms with Crippen molar-refractivity contribution < 1.29 is 0 Å². The zero-order valence-electron chi connectivity index (χ0n) is 11.8. The molecule has 0 radical (unpaired) electrons. The first kappa shape index (κ1) is 13.2. The molecular weight excluding hydrogens is 226 g/mol. The molecule has 1 aromatic heterocycles. The smallest absolute Gasteiger partial charge is 0.225 e. The van der Waals surface area contributed by atoms with Gasteiger partial charge in [0.25, 0.3) is 0 Å². The average Bonchev–Trinajstić information content (AvgIpc) is 2.32. The van der Waals surface area contributed by atoms with Crippen LogP contribution in [0.2, 0.25) is 0 Å². The van der Waals surface area contributed by atoms with Crippen LogP contribution in [-0.4, -0.2) is 47.1 Å². The minimum absolute atomic E-state index is 0.155. The third-order valence-corrected chi connectivity index (χ3v) is 3.89. The van der Waals surface area contributed by atoms with E-state index in [1.165, 1.54) is 0 Å². The molecule has 5 heteroatoms. The highest BCUT2D eigenvalue weighted by molar-refractivity contribution is 5.34. The van der Waals surface area contributed by atoms with Crippen LogP contribution in [0.4, 0.5) is 5.95 Å². The second-order valence-electron chi connectivity index (χ2n) is 5.64. The molecule has 1 saturated heterocycles. The molecule has 0 aliphatic carbocycles. The SMILES string of the molecule is Cc1nc(N2CCN(C)C(C)(C)C2)ncc1CN. The van der Waals surface area contributed by atoms with E-state index in [0.717, 1.165) is 36.8 Å². The lowest BCUT2D eigenvalue weighted by Crippen LogP contribution is -2.58. The zero-order valence-corrected chi connectivity index (χ0v) is 11.8. The maximum atomic E-state index is 5.64. The van der Waals surface area contributed by atoms with Gasteiger partial charge in [-0.1, -0.05) is 0 Å². The van der Waals surface area contributed by atoms with Gasteiger partial charge in [-0.15, -0.1) is 0 Å². The van der Waals surface area contributed by atoms with Crippen molar-refractivity contribution in [2.75, 3.05) is 31.6 Å². The van der Waals surface area contributed by atoms with Crippen molar-refractivity contribution in [3.05, 3.63) is 17.5 Å². The molecule has 18 heavy (non-hydrogen) atoms. The molecule has 1 fully saturated rings. The van der Waals surface area contributed by atoms with Gasteiger partial charge in [-0.2, -0.15) is 0 Å².